The maximum Gasteiger partial charge on any atom is 0.123 e. The van der Waals surface area contributed by atoms with E-state index in [1.54, 1.807) is 23.9 Å². The lowest BCUT2D eigenvalue weighted by Gasteiger charge is -2.04. The summed E-state index contributed by atoms with van der Waals surface area (Å²) in [5.41, 5.74) is 1.28. The molecule has 0 amide bonds. The molecular formula is C15H16FNS. The summed E-state index contributed by atoms with van der Waals surface area (Å²) in [4.78, 5) is 2.22. The first-order valence-electron chi connectivity index (χ1n) is 6.01. The molecule has 0 fully saturated rings. The molecule has 0 saturated carbocycles. The lowest BCUT2D eigenvalue weighted by molar-refractivity contribution is 0.626. The van der Waals surface area contributed by atoms with Gasteiger partial charge in [0.1, 0.15) is 5.82 Å². The van der Waals surface area contributed by atoms with Crippen LogP contribution in [0.15, 0.2) is 58.3 Å². The van der Waals surface area contributed by atoms with Gasteiger partial charge in [0.25, 0.3) is 0 Å². The minimum Gasteiger partial charge on any atom is -0.313 e. The fraction of sp³-hybridized carbons (Fsp3) is 0.200. The van der Waals surface area contributed by atoms with E-state index in [1.165, 1.54) is 22.6 Å². The SMILES string of the molecule is CCNCc1ccc(Sc2ccc(F)cc2)cc1. The van der Waals surface area contributed by atoms with E-state index < -0.39 is 0 Å². The van der Waals surface area contributed by atoms with E-state index in [4.69, 9.17) is 0 Å². The molecule has 0 aliphatic heterocycles. The summed E-state index contributed by atoms with van der Waals surface area (Å²) >= 11 is 1.64. The Morgan fingerprint density at radius 3 is 2.06 bits per heavy atom. The summed E-state index contributed by atoms with van der Waals surface area (Å²) in [7, 11) is 0. The Labute approximate surface area is 111 Å². The summed E-state index contributed by atoms with van der Waals surface area (Å²) in [6.07, 6.45) is 0. The molecule has 0 aliphatic rings. The summed E-state index contributed by atoms with van der Waals surface area (Å²) in [5.74, 6) is -0.194. The third-order valence-electron chi connectivity index (χ3n) is 2.55. The van der Waals surface area contributed by atoms with Crippen molar-refractivity contribution >= 4 is 11.8 Å². The fourth-order valence-electron chi connectivity index (χ4n) is 1.58. The quantitative estimate of drug-likeness (QED) is 0.870. The van der Waals surface area contributed by atoms with Gasteiger partial charge in [-0.05, 0) is 48.5 Å². The van der Waals surface area contributed by atoms with E-state index in [9.17, 15) is 4.39 Å². The van der Waals surface area contributed by atoms with Crippen molar-refractivity contribution in [3.8, 4) is 0 Å². The van der Waals surface area contributed by atoms with Crippen molar-refractivity contribution in [2.24, 2.45) is 0 Å². The second-order valence-electron chi connectivity index (χ2n) is 3.98. The largest absolute Gasteiger partial charge is 0.313 e. The lowest BCUT2D eigenvalue weighted by Crippen LogP contribution is -2.11. The first-order valence-corrected chi connectivity index (χ1v) is 6.82. The predicted molar refractivity (Wildman–Crippen MR) is 74.3 cm³/mol. The summed E-state index contributed by atoms with van der Waals surface area (Å²) in [5, 5.41) is 3.29. The van der Waals surface area contributed by atoms with Gasteiger partial charge in [0.15, 0.2) is 0 Å². The highest BCUT2D eigenvalue weighted by Crippen LogP contribution is 2.27. The topological polar surface area (TPSA) is 12.0 Å². The van der Waals surface area contributed by atoms with Gasteiger partial charge in [-0.15, -0.1) is 0 Å². The van der Waals surface area contributed by atoms with Crippen molar-refractivity contribution in [3.63, 3.8) is 0 Å². The second kappa shape index (κ2) is 6.57. The van der Waals surface area contributed by atoms with Gasteiger partial charge in [-0.25, -0.2) is 4.39 Å². The van der Waals surface area contributed by atoms with Crippen LogP contribution in [-0.2, 0) is 6.54 Å². The van der Waals surface area contributed by atoms with Crippen LogP contribution >= 0.6 is 11.8 Å². The third-order valence-corrected chi connectivity index (χ3v) is 3.57. The molecular weight excluding hydrogens is 245 g/mol. The van der Waals surface area contributed by atoms with Crippen molar-refractivity contribution in [2.45, 2.75) is 23.3 Å². The van der Waals surface area contributed by atoms with Crippen LogP contribution in [0.1, 0.15) is 12.5 Å². The number of nitrogens with one attached hydrogen (secondary N) is 1. The van der Waals surface area contributed by atoms with E-state index in [0.717, 1.165) is 18.0 Å². The molecule has 18 heavy (non-hydrogen) atoms. The molecule has 0 bridgehead atoms. The molecule has 0 spiro atoms. The first-order chi connectivity index (χ1) is 8.78. The Morgan fingerprint density at radius 2 is 1.50 bits per heavy atom. The van der Waals surface area contributed by atoms with Gasteiger partial charge in [-0.2, -0.15) is 0 Å². The molecule has 2 aromatic carbocycles. The molecule has 94 valence electrons. The fourth-order valence-corrected chi connectivity index (χ4v) is 2.40. The molecule has 0 saturated heterocycles. The zero-order valence-electron chi connectivity index (χ0n) is 10.3. The number of benzene rings is 2. The van der Waals surface area contributed by atoms with Gasteiger partial charge in [-0.3, -0.25) is 0 Å². The van der Waals surface area contributed by atoms with Crippen LogP contribution in [0.3, 0.4) is 0 Å². The highest BCUT2D eigenvalue weighted by atomic mass is 32.2. The standard InChI is InChI=1S/C15H16FNS/c1-2-17-11-12-3-7-14(8-4-12)18-15-9-5-13(16)6-10-15/h3-10,17H,2,11H2,1H3. The molecule has 0 aliphatic carbocycles. The van der Waals surface area contributed by atoms with Gasteiger partial charge in [0, 0.05) is 16.3 Å². The average Bonchev–Trinajstić information content (AvgIpc) is 2.41. The van der Waals surface area contributed by atoms with Crippen LogP contribution in [0, 0.1) is 5.82 Å². The zero-order chi connectivity index (χ0) is 12.8. The molecule has 2 rings (SSSR count). The minimum atomic E-state index is -0.194. The van der Waals surface area contributed by atoms with Crippen LogP contribution in [0.4, 0.5) is 4.39 Å². The van der Waals surface area contributed by atoms with Crippen LogP contribution in [0.5, 0.6) is 0 Å². The molecule has 3 heteroatoms. The summed E-state index contributed by atoms with van der Waals surface area (Å²) in [6.45, 7) is 3.98. The number of rotatable bonds is 5. The average molecular weight is 261 g/mol. The van der Waals surface area contributed by atoms with E-state index >= 15 is 0 Å². The van der Waals surface area contributed by atoms with Gasteiger partial charge < -0.3 is 5.32 Å². The van der Waals surface area contributed by atoms with Gasteiger partial charge >= 0.3 is 0 Å². The molecule has 0 radical (unpaired) electrons. The normalized spacial score (nSPS) is 10.6. The molecule has 0 unspecified atom stereocenters. The maximum atomic E-state index is 12.8. The molecule has 2 aromatic rings. The molecule has 1 nitrogen and oxygen atoms in total. The van der Waals surface area contributed by atoms with Crippen LogP contribution in [-0.4, -0.2) is 6.54 Å². The van der Waals surface area contributed by atoms with Crippen molar-refractivity contribution in [1.29, 1.82) is 0 Å². The predicted octanol–water partition coefficient (Wildman–Crippen LogP) is 4.09. The monoisotopic (exact) mass is 261 g/mol. The lowest BCUT2D eigenvalue weighted by atomic mass is 10.2. The van der Waals surface area contributed by atoms with Crippen molar-refractivity contribution in [3.05, 3.63) is 59.9 Å². The van der Waals surface area contributed by atoms with Crippen molar-refractivity contribution in [1.82, 2.24) is 5.32 Å². The summed E-state index contributed by atoms with van der Waals surface area (Å²) < 4.78 is 12.8. The van der Waals surface area contributed by atoms with Crippen LogP contribution in [0.25, 0.3) is 0 Å². The molecule has 1 N–H and O–H groups in total. The van der Waals surface area contributed by atoms with E-state index in [1.807, 2.05) is 0 Å². The van der Waals surface area contributed by atoms with Crippen molar-refractivity contribution in [2.75, 3.05) is 6.54 Å². The van der Waals surface area contributed by atoms with Crippen LogP contribution in [0.2, 0.25) is 0 Å². The Morgan fingerprint density at radius 1 is 0.944 bits per heavy atom. The Kier molecular flexibility index (Phi) is 4.79. The molecule has 0 aromatic heterocycles. The zero-order valence-corrected chi connectivity index (χ0v) is 11.1. The molecule has 0 heterocycles. The van der Waals surface area contributed by atoms with E-state index in [0.29, 0.717) is 0 Å². The van der Waals surface area contributed by atoms with Crippen LogP contribution < -0.4 is 5.32 Å². The second-order valence-corrected chi connectivity index (χ2v) is 5.13. The Hall–Kier alpha value is -1.32. The van der Waals surface area contributed by atoms with Gasteiger partial charge in [0.05, 0.1) is 0 Å². The van der Waals surface area contributed by atoms with Gasteiger partial charge in [-0.1, -0.05) is 30.8 Å². The van der Waals surface area contributed by atoms with Crippen molar-refractivity contribution < 1.29 is 4.39 Å². The first kappa shape index (κ1) is 13.1. The number of hydrogen-bond donors (Lipinski definition) is 1. The minimum absolute atomic E-state index is 0.194. The smallest absolute Gasteiger partial charge is 0.123 e. The highest BCUT2D eigenvalue weighted by molar-refractivity contribution is 7.99. The summed E-state index contributed by atoms with van der Waals surface area (Å²) in [6, 6.07) is 15.0. The molecule has 0 atom stereocenters. The number of hydrogen-bond acceptors (Lipinski definition) is 2. The Balaban J connectivity index is 1.99. The Bertz CT molecular complexity index is 479. The van der Waals surface area contributed by atoms with Gasteiger partial charge in [0.2, 0.25) is 0 Å². The maximum absolute atomic E-state index is 12.8. The highest BCUT2D eigenvalue weighted by Gasteiger charge is 1.98. The number of halogens is 1. The van der Waals surface area contributed by atoms with E-state index in [-0.39, 0.29) is 5.82 Å². The van der Waals surface area contributed by atoms with E-state index in [2.05, 4.69) is 36.5 Å². The third kappa shape index (κ3) is 3.86.